The van der Waals surface area contributed by atoms with Crippen molar-refractivity contribution in [1.29, 1.82) is 0 Å². The van der Waals surface area contributed by atoms with Gasteiger partial charge < -0.3 is 20.7 Å². The van der Waals surface area contributed by atoms with Crippen molar-refractivity contribution in [2.75, 3.05) is 27.2 Å². The summed E-state index contributed by atoms with van der Waals surface area (Å²) < 4.78 is 0. The number of nitrogens with zero attached hydrogens (tertiary/aromatic N) is 3. The number of hydrogen-bond donors (Lipinski definition) is 2. The fraction of sp³-hybridized carbons (Fsp3) is 0.800. The standard InChI is InChI=1S/C10H20N4O2/c1-13-5-3-8(4-6-13)14(2)10(15)7-9(11)12-16/h8,16H,3-7H2,1-2H3,(H2,11,12). The molecular weight excluding hydrogens is 208 g/mol. The van der Waals surface area contributed by atoms with Crippen LogP contribution in [0.3, 0.4) is 0 Å². The summed E-state index contributed by atoms with van der Waals surface area (Å²) in [6, 6.07) is 0.273. The van der Waals surface area contributed by atoms with E-state index in [4.69, 9.17) is 10.9 Å². The number of piperidine rings is 1. The SMILES string of the molecule is CN1CCC(N(C)C(=O)C/C(N)=N/O)CC1. The number of carbonyl (C=O) groups is 1. The van der Waals surface area contributed by atoms with Crippen LogP contribution < -0.4 is 5.73 Å². The molecule has 1 fully saturated rings. The second-order valence-electron chi connectivity index (χ2n) is 4.31. The maximum absolute atomic E-state index is 11.7. The van der Waals surface area contributed by atoms with E-state index in [1.807, 2.05) is 0 Å². The van der Waals surface area contributed by atoms with E-state index in [1.54, 1.807) is 11.9 Å². The number of hydrogen-bond acceptors (Lipinski definition) is 4. The minimum atomic E-state index is -0.0927. The first-order valence-corrected chi connectivity index (χ1v) is 5.45. The van der Waals surface area contributed by atoms with Gasteiger partial charge in [0, 0.05) is 13.1 Å². The van der Waals surface area contributed by atoms with Gasteiger partial charge in [0.15, 0.2) is 0 Å². The lowest BCUT2D eigenvalue weighted by Crippen LogP contribution is -2.45. The monoisotopic (exact) mass is 228 g/mol. The Kier molecular flexibility index (Phi) is 4.54. The Morgan fingerprint density at radius 1 is 1.56 bits per heavy atom. The molecule has 0 radical (unpaired) electrons. The van der Waals surface area contributed by atoms with Crippen LogP contribution in [0.2, 0.25) is 0 Å². The molecule has 3 N–H and O–H groups in total. The van der Waals surface area contributed by atoms with Gasteiger partial charge in [-0.15, -0.1) is 0 Å². The van der Waals surface area contributed by atoms with Crippen LogP contribution in [0.4, 0.5) is 0 Å². The second-order valence-corrected chi connectivity index (χ2v) is 4.31. The molecule has 1 amide bonds. The van der Waals surface area contributed by atoms with E-state index < -0.39 is 0 Å². The number of oxime groups is 1. The zero-order chi connectivity index (χ0) is 12.1. The summed E-state index contributed by atoms with van der Waals surface area (Å²) in [5.41, 5.74) is 5.31. The lowest BCUT2D eigenvalue weighted by atomic mass is 10.0. The molecule has 0 unspecified atom stereocenters. The lowest BCUT2D eigenvalue weighted by Gasteiger charge is -2.35. The van der Waals surface area contributed by atoms with Crippen molar-refractivity contribution in [3.63, 3.8) is 0 Å². The number of amides is 1. The number of nitrogens with two attached hydrogens (primary N) is 1. The Morgan fingerprint density at radius 3 is 2.62 bits per heavy atom. The maximum atomic E-state index is 11.7. The number of amidine groups is 1. The summed E-state index contributed by atoms with van der Waals surface area (Å²) in [6.07, 6.45) is 1.95. The van der Waals surface area contributed by atoms with Crippen molar-refractivity contribution in [3.05, 3.63) is 0 Å². The third kappa shape index (κ3) is 3.37. The highest BCUT2D eigenvalue weighted by atomic mass is 16.4. The van der Waals surface area contributed by atoms with E-state index in [1.165, 1.54) is 0 Å². The summed E-state index contributed by atoms with van der Waals surface area (Å²) in [6.45, 7) is 2.01. The van der Waals surface area contributed by atoms with E-state index in [0.29, 0.717) is 0 Å². The minimum absolute atomic E-state index is 0.0145. The zero-order valence-corrected chi connectivity index (χ0v) is 9.89. The Labute approximate surface area is 95.7 Å². The molecule has 1 saturated heterocycles. The van der Waals surface area contributed by atoms with Gasteiger partial charge in [-0.05, 0) is 33.0 Å². The minimum Gasteiger partial charge on any atom is -0.409 e. The molecule has 0 aliphatic carbocycles. The topological polar surface area (TPSA) is 82.2 Å². The average Bonchev–Trinajstić information content (AvgIpc) is 2.28. The van der Waals surface area contributed by atoms with Crippen molar-refractivity contribution in [2.45, 2.75) is 25.3 Å². The summed E-state index contributed by atoms with van der Waals surface area (Å²) in [7, 11) is 3.86. The Balaban J connectivity index is 2.44. The molecule has 0 spiro atoms. The smallest absolute Gasteiger partial charge is 0.230 e. The van der Waals surface area contributed by atoms with E-state index in [0.717, 1.165) is 25.9 Å². The highest BCUT2D eigenvalue weighted by Crippen LogP contribution is 2.14. The average molecular weight is 228 g/mol. The summed E-state index contributed by atoms with van der Waals surface area (Å²) in [5, 5.41) is 11.2. The van der Waals surface area contributed by atoms with Crippen molar-refractivity contribution in [1.82, 2.24) is 9.80 Å². The molecule has 0 aromatic rings. The molecule has 0 aromatic heterocycles. The van der Waals surface area contributed by atoms with Crippen LogP contribution in [0.1, 0.15) is 19.3 Å². The molecule has 6 heteroatoms. The Morgan fingerprint density at radius 2 is 2.12 bits per heavy atom. The Bertz CT molecular complexity index is 272. The normalized spacial score (nSPS) is 19.8. The lowest BCUT2D eigenvalue weighted by molar-refractivity contribution is -0.131. The first-order chi connectivity index (χ1) is 7.54. The molecule has 1 rings (SSSR count). The predicted molar refractivity (Wildman–Crippen MR) is 61.3 cm³/mol. The fourth-order valence-corrected chi connectivity index (χ4v) is 1.90. The van der Waals surface area contributed by atoms with Crippen LogP contribution in [0.5, 0.6) is 0 Å². The molecule has 16 heavy (non-hydrogen) atoms. The van der Waals surface area contributed by atoms with Crippen molar-refractivity contribution in [3.8, 4) is 0 Å². The van der Waals surface area contributed by atoms with Gasteiger partial charge in [-0.3, -0.25) is 4.79 Å². The second kappa shape index (κ2) is 5.69. The molecule has 1 aliphatic heterocycles. The predicted octanol–water partition coefficient (Wildman–Crippen LogP) is -0.324. The summed E-state index contributed by atoms with van der Waals surface area (Å²) in [4.78, 5) is 15.7. The molecule has 0 atom stereocenters. The van der Waals surface area contributed by atoms with Crippen LogP contribution in [0, 0.1) is 0 Å². The molecule has 1 aliphatic rings. The van der Waals surface area contributed by atoms with Crippen LogP contribution in [0.15, 0.2) is 5.16 Å². The first-order valence-electron chi connectivity index (χ1n) is 5.45. The van der Waals surface area contributed by atoms with E-state index in [9.17, 15) is 4.79 Å². The highest BCUT2D eigenvalue weighted by molar-refractivity contribution is 5.98. The molecule has 6 nitrogen and oxygen atoms in total. The number of rotatable bonds is 3. The molecular formula is C10H20N4O2. The quantitative estimate of drug-likeness (QED) is 0.300. The third-order valence-electron chi connectivity index (χ3n) is 3.09. The number of likely N-dealkylation sites (tertiary alicyclic amines) is 1. The van der Waals surface area contributed by atoms with Crippen LogP contribution in [0.25, 0.3) is 0 Å². The summed E-state index contributed by atoms with van der Waals surface area (Å²) >= 11 is 0. The highest BCUT2D eigenvalue weighted by Gasteiger charge is 2.24. The van der Waals surface area contributed by atoms with Crippen molar-refractivity contribution < 1.29 is 10.0 Å². The zero-order valence-electron chi connectivity index (χ0n) is 9.89. The van der Waals surface area contributed by atoms with E-state index in [2.05, 4.69) is 17.1 Å². The van der Waals surface area contributed by atoms with Crippen molar-refractivity contribution in [2.24, 2.45) is 10.9 Å². The largest absolute Gasteiger partial charge is 0.409 e. The van der Waals surface area contributed by atoms with Gasteiger partial charge in [0.25, 0.3) is 0 Å². The fourth-order valence-electron chi connectivity index (χ4n) is 1.90. The van der Waals surface area contributed by atoms with Gasteiger partial charge in [0.05, 0.1) is 6.42 Å². The maximum Gasteiger partial charge on any atom is 0.230 e. The molecule has 0 aromatic carbocycles. The number of carbonyl (C=O) groups excluding carboxylic acids is 1. The molecule has 0 bridgehead atoms. The molecule has 92 valence electrons. The van der Waals surface area contributed by atoms with Crippen LogP contribution >= 0.6 is 0 Å². The van der Waals surface area contributed by atoms with Crippen LogP contribution in [-0.2, 0) is 4.79 Å². The van der Waals surface area contributed by atoms with Gasteiger partial charge in [0.2, 0.25) is 5.91 Å². The van der Waals surface area contributed by atoms with Gasteiger partial charge in [-0.2, -0.15) is 0 Å². The third-order valence-corrected chi connectivity index (χ3v) is 3.09. The molecule has 1 heterocycles. The van der Waals surface area contributed by atoms with Gasteiger partial charge in [0.1, 0.15) is 5.84 Å². The van der Waals surface area contributed by atoms with Gasteiger partial charge in [-0.1, -0.05) is 5.16 Å². The molecule has 0 saturated carbocycles. The first kappa shape index (κ1) is 12.8. The van der Waals surface area contributed by atoms with Gasteiger partial charge in [-0.25, -0.2) is 0 Å². The van der Waals surface area contributed by atoms with Crippen LogP contribution in [-0.4, -0.2) is 60.0 Å². The van der Waals surface area contributed by atoms with Crippen molar-refractivity contribution >= 4 is 11.7 Å². The Hall–Kier alpha value is -1.30. The van der Waals surface area contributed by atoms with E-state index >= 15 is 0 Å². The van der Waals surface area contributed by atoms with E-state index in [-0.39, 0.29) is 24.2 Å². The summed E-state index contributed by atoms with van der Waals surface area (Å²) in [5.74, 6) is -0.130. The van der Waals surface area contributed by atoms with Gasteiger partial charge >= 0.3 is 0 Å².